The summed E-state index contributed by atoms with van der Waals surface area (Å²) >= 11 is 6.22. The van der Waals surface area contributed by atoms with Gasteiger partial charge in [-0.05, 0) is 41.6 Å². The van der Waals surface area contributed by atoms with Gasteiger partial charge in [0.25, 0.3) is 0 Å². The van der Waals surface area contributed by atoms with Crippen molar-refractivity contribution < 1.29 is 0 Å². The van der Waals surface area contributed by atoms with Gasteiger partial charge in [-0.25, -0.2) is 0 Å². The molecular weight excluding hydrogens is 268 g/mol. The molecule has 1 aromatic heterocycles. The Bertz CT molecular complexity index is 718. The first-order valence-corrected chi connectivity index (χ1v) is 7.15. The van der Waals surface area contributed by atoms with Crippen molar-refractivity contribution in [3.8, 4) is 0 Å². The summed E-state index contributed by atoms with van der Waals surface area (Å²) < 4.78 is 0. The van der Waals surface area contributed by atoms with E-state index in [-0.39, 0.29) is 6.04 Å². The first-order chi connectivity index (χ1) is 9.74. The second-order valence-corrected chi connectivity index (χ2v) is 5.43. The zero-order valence-electron chi connectivity index (χ0n) is 11.4. The first kappa shape index (κ1) is 13.2. The Morgan fingerprint density at radius 3 is 2.85 bits per heavy atom. The summed E-state index contributed by atoms with van der Waals surface area (Å²) in [6.45, 7) is 2.95. The van der Waals surface area contributed by atoms with E-state index in [1.165, 1.54) is 16.5 Å². The maximum atomic E-state index is 6.22. The van der Waals surface area contributed by atoms with Gasteiger partial charge in [0, 0.05) is 29.3 Å². The average Bonchev–Trinajstić information content (AvgIpc) is 2.92. The Morgan fingerprint density at radius 1 is 1.15 bits per heavy atom. The van der Waals surface area contributed by atoms with E-state index in [9.17, 15) is 0 Å². The molecule has 0 radical (unpaired) electrons. The monoisotopic (exact) mass is 284 g/mol. The van der Waals surface area contributed by atoms with Gasteiger partial charge in [-0.3, -0.25) is 0 Å². The Kier molecular flexibility index (Phi) is 3.77. The molecule has 0 aliphatic heterocycles. The molecule has 3 heteroatoms. The molecule has 0 fully saturated rings. The average molecular weight is 285 g/mol. The summed E-state index contributed by atoms with van der Waals surface area (Å²) in [5.74, 6) is 0. The largest absolute Gasteiger partial charge is 0.361 e. The minimum Gasteiger partial charge on any atom is -0.361 e. The number of rotatable bonds is 4. The van der Waals surface area contributed by atoms with Crippen LogP contribution in [0.1, 0.15) is 24.1 Å². The molecule has 1 heterocycles. The second-order valence-electron chi connectivity index (χ2n) is 5.02. The van der Waals surface area contributed by atoms with E-state index < -0.39 is 0 Å². The number of aromatic nitrogens is 1. The van der Waals surface area contributed by atoms with Crippen molar-refractivity contribution in [2.24, 2.45) is 0 Å². The van der Waals surface area contributed by atoms with Crippen molar-refractivity contribution >= 4 is 22.5 Å². The van der Waals surface area contributed by atoms with E-state index in [0.717, 1.165) is 17.1 Å². The number of benzene rings is 2. The lowest BCUT2D eigenvalue weighted by atomic mass is 10.1. The molecular formula is C17H17ClN2. The fourth-order valence-corrected chi connectivity index (χ4v) is 2.71. The van der Waals surface area contributed by atoms with Crippen molar-refractivity contribution in [2.75, 3.05) is 0 Å². The van der Waals surface area contributed by atoms with Crippen LogP contribution in [0.25, 0.3) is 10.9 Å². The van der Waals surface area contributed by atoms with E-state index in [4.69, 9.17) is 11.6 Å². The summed E-state index contributed by atoms with van der Waals surface area (Å²) in [6.07, 6.45) is 1.97. The van der Waals surface area contributed by atoms with Gasteiger partial charge in [0.1, 0.15) is 0 Å². The number of hydrogen-bond acceptors (Lipinski definition) is 1. The molecule has 0 amide bonds. The number of halogens is 1. The van der Waals surface area contributed by atoms with Crippen molar-refractivity contribution in [2.45, 2.75) is 19.5 Å². The minimum absolute atomic E-state index is 0.225. The molecule has 2 N–H and O–H groups in total. The molecule has 2 aromatic carbocycles. The van der Waals surface area contributed by atoms with Crippen molar-refractivity contribution in [1.29, 1.82) is 0 Å². The summed E-state index contributed by atoms with van der Waals surface area (Å²) in [5, 5.41) is 5.57. The molecule has 2 nitrogen and oxygen atoms in total. The van der Waals surface area contributed by atoms with E-state index in [1.54, 1.807) is 0 Å². The fourth-order valence-electron chi connectivity index (χ4n) is 2.41. The zero-order chi connectivity index (χ0) is 13.9. The van der Waals surface area contributed by atoms with Crippen LogP contribution in [0.4, 0.5) is 0 Å². The van der Waals surface area contributed by atoms with Crippen molar-refractivity contribution in [3.05, 3.63) is 70.9 Å². The van der Waals surface area contributed by atoms with E-state index in [1.807, 2.05) is 24.4 Å². The normalized spacial score (nSPS) is 12.7. The van der Waals surface area contributed by atoms with Crippen LogP contribution >= 0.6 is 11.6 Å². The van der Waals surface area contributed by atoms with Gasteiger partial charge in [-0.2, -0.15) is 0 Å². The van der Waals surface area contributed by atoms with Gasteiger partial charge in [0.05, 0.1) is 0 Å². The SMILES string of the molecule is C[C@@H](NCc1ccc2cc[nH]c2c1)c1ccccc1Cl. The quantitative estimate of drug-likeness (QED) is 0.716. The van der Waals surface area contributed by atoms with Gasteiger partial charge in [-0.1, -0.05) is 41.9 Å². The smallest absolute Gasteiger partial charge is 0.0457 e. The highest BCUT2D eigenvalue weighted by molar-refractivity contribution is 6.31. The Hall–Kier alpha value is -1.77. The molecule has 20 heavy (non-hydrogen) atoms. The van der Waals surface area contributed by atoms with Crippen LogP contribution in [-0.4, -0.2) is 4.98 Å². The third-order valence-corrected chi connectivity index (χ3v) is 3.95. The lowest BCUT2D eigenvalue weighted by molar-refractivity contribution is 0.575. The topological polar surface area (TPSA) is 27.8 Å². The maximum absolute atomic E-state index is 6.22. The summed E-state index contributed by atoms with van der Waals surface area (Å²) in [4.78, 5) is 3.24. The third kappa shape index (κ3) is 2.72. The molecule has 1 atom stereocenters. The van der Waals surface area contributed by atoms with Crippen LogP contribution in [0, 0.1) is 0 Å². The van der Waals surface area contributed by atoms with Crippen LogP contribution in [0.5, 0.6) is 0 Å². The van der Waals surface area contributed by atoms with Gasteiger partial charge in [0.15, 0.2) is 0 Å². The number of hydrogen-bond donors (Lipinski definition) is 2. The molecule has 0 bridgehead atoms. The Labute approximate surface area is 123 Å². The van der Waals surface area contributed by atoms with E-state index >= 15 is 0 Å². The number of fused-ring (bicyclic) bond motifs is 1. The lowest BCUT2D eigenvalue weighted by Gasteiger charge is -2.15. The van der Waals surface area contributed by atoms with Gasteiger partial charge in [0.2, 0.25) is 0 Å². The van der Waals surface area contributed by atoms with Crippen LogP contribution in [0.15, 0.2) is 54.7 Å². The maximum Gasteiger partial charge on any atom is 0.0457 e. The summed E-state index contributed by atoms with van der Waals surface area (Å²) in [7, 11) is 0. The molecule has 3 rings (SSSR count). The number of nitrogens with one attached hydrogen (secondary N) is 2. The zero-order valence-corrected chi connectivity index (χ0v) is 12.1. The van der Waals surface area contributed by atoms with Crippen LogP contribution in [0.2, 0.25) is 5.02 Å². The number of aromatic amines is 1. The van der Waals surface area contributed by atoms with Crippen molar-refractivity contribution in [3.63, 3.8) is 0 Å². The molecule has 0 saturated carbocycles. The standard InChI is InChI=1S/C17H17ClN2/c1-12(15-4-2-3-5-16(15)18)20-11-13-6-7-14-8-9-19-17(14)10-13/h2-10,12,19-20H,11H2,1H3/t12-/m1/s1. The van der Waals surface area contributed by atoms with Crippen LogP contribution in [-0.2, 0) is 6.54 Å². The second kappa shape index (κ2) is 5.70. The highest BCUT2D eigenvalue weighted by Gasteiger charge is 2.08. The van der Waals surface area contributed by atoms with Gasteiger partial charge < -0.3 is 10.3 Å². The van der Waals surface area contributed by atoms with E-state index in [0.29, 0.717) is 0 Å². The predicted molar refractivity (Wildman–Crippen MR) is 85.0 cm³/mol. The molecule has 0 aliphatic rings. The predicted octanol–water partition coefficient (Wildman–Crippen LogP) is 4.67. The molecule has 3 aromatic rings. The first-order valence-electron chi connectivity index (χ1n) is 6.78. The fraction of sp³-hybridized carbons (Fsp3) is 0.176. The molecule has 0 spiro atoms. The Morgan fingerprint density at radius 2 is 2.00 bits per heavy atom. The highest BCUT2D eigenvalue weighted by Crippen LogP contribution is 2.22. The van der Waals surface area contributed by atoms with Crippen LogP contribution in [0.3, 0.4) is 0 Å². The third-order valence-electron chi connectivity index (χ3n) is 3.60. The number of H-pyrrole nitrogens is 1. The summed E-state index contributed by atoms with van der Waals surface area (Å²) in [6, 6.07) is 16.8. The highest BCUT2D eigenvalue weighted by atomic mass is 35.5. The van der Waals surface area contributed by atoms with E-state index in [2.05, 4.69) is 47.6 Å². The van der Waals surface area contributed by atoms with Gasteiger partial charge in [-0.15, -0.1) is 0 Å². The van der Waals surface area contributed by atoms with Crippen molar-refractivity contribution in [1.82, 2.24) is 10.3 Å². The molecule has 0 unspecified atom stereocenters. The minimum atomic E-state index is 0.225. The summed E-state index contributed by atoms with van der Waals surface area (Å²) in [5.41, 5.74) is 3.57. The molecule has 102 valence electrons. The Balaban J connectivity index is 1.71. The molecule has 0 saturated heterocycles. The molecule has 0 aliphatic carbocycles. The van der Waals surface area contributed by atoms with Gasteiger partial charge >= 0.3 is 0 Å². The van der Waals surface area contributed by atoms with Crippen LogP contribution < -0.4 is 5.32 Å². The lowest BCUT2D eigenvalue weighted by Crippen LogP contribution is -2.18.